The number of benzene rings is 1. The molecule has 1 aromatic rings. The SMILES string of the molecule is CC(=O)NCCCCNC(=O)CCc1cccc(F)c1. The van der Waals surface area contributed by atoms with Gasteiger partial charge < -0.3 is 10.6 Å². The molecule has 110 valence electrons. The Morgan fingerprint density at radius 1 is 1.15 bits per heavy atom. The van der Waals surface area contributed by atoms with Gasteiger partial charge in [0.1, 0.15) is 5.82 Å². The summed E-state index contributed by atoms with van der Waals surface area (Å²) in [5.74, 6) is -0.348. The topological polar surface area (TPSA) is 58.2 Å². The van der Waals surface area contributed by atoms with Crippen molar-refractivity contribution in [1.29, 1.82) is 0 Å². The summed E-state index contributed by atoms with van der Waals surface area (Å²) in [6.45, 7) is 2.71. The number of halogens is 1. The highest BCUT2D eigenvalue weighted by Crippen LogP contribution is 2.05. The Hall–Kier alpha value is -1.91. The van der Waals surface area contributed by atoms with Gasteiger partial charge >= 0.3 is 0 Å². The maximum Gasteiger partial charge on any atom is 0.220 e. The molecule has 0 saturated heterocycles. The molecule has 1 aromatic carbocycles. The number of carbonyl (C=O) groups is 2. The van der Waals surface area contributed by atoms with Gasteiger partial charge in [0.05, 0.1) is 0 Å². The third-order valence-corrected chi connectivity index (χ3v) is 2.83. The van der Waals surface area contributed by atoms with Crippen LogP contribution in [-0.2, 0) is 16.0 Å². The second-order valence-electron chi connectivity index (χ2n) is 4.67. The van der Waals surface area contributed by atoms with Crippen LogP contribution in [0.5, 0.6) is 0 Å². The first-order valence-electron chi connectivity index (χ1n) is 6.83. The molecule has 0 fully saturated rings. The normalized spacial score (nSPS) is 10.1. The van der Waals surface area contributed by atoms with Crippen LogP contribution in [0, 0.1) is 5.82 Å². The molecule has 0 bridgehead atoms. The van der Waals surface area contributed by atoms with Crippen LogP contribution >= 0.6 is 0 Å². The number of hydrogen-bond acceptors (Lipinski definition) is 2. The van der Waals surface area contributed by atoms with Crippen molar-refractivity contribution < 1.29 is 14.0 Å². The van der Waals surface area contributed by atoms with Crippen LogP contribution in [0.2, 0.25) is 0 Å². The number of aryl methyl sites for hydroxylation is 1. The molecule has 0 radical (unpaired) electrons. The largest absolute Gasteiger partial charge is 0.356 e. The predicted octanol–water partition coefficient (Wildman–Crippen LogP) is 1.79. The predicted molar refractivity (Wildman–Crippen MR) is 75.6 cm³/mol. The molecule has 0 spiro atoms. The first-order chi connectivity index (χ1) is 9.58. The van der Waals surface area contributed by atoms with E-state index in [2.05, 4.69) is 10.6 Å². The number of hydrogen-bond donors (Lipinski definition) is 2. The Kier molecular flexibility index (Phi) is 7.32. The van der Waals surface area contributed by atoms with Crippen molar-refractivity contribution in [2.24, 2.45) is 0 Å². The van der Waals surface area contributed by atoms with E-state index in [0.29, 0.717) is 25.9 Å². The Bertz CT molecular complexity index is 449. The zero-order chi connectivity index (χ0) is 14.8. The van der Waals surface area contributed by atoms with Gasteiger partial charge in [-0.15, -0.1) is 0 Å². The molecule has 2 amide bonds. The molecule has 0 aliphatic heterocycles. The van der Waals surface area contributed by atoms with Crippen molar-refractivity contribution in [3.05, 3.63) is 35.6 Å². The van der Waals surface area contributed by atoms with E-state index in [0.717, 1.165) is 18.4 Å². The van der Waals surface area contributed by atoms with E-state index in [-0.39, 0.29) is 17.6 Å². The molecule has 0 aromatic heterocycles. The van der Waals surface area contributed by atoms with Gasteiger partial charge in [-0.25, -0.2) is 4.39 Å². The lowest BCUT2D eigenvalue weighted by Crippen LogP contribution is -2.26. The van der Waals surface area contributed by atoms with Gasteiger partial charge in [-0.3, -0.25) is 9.59 Å². The number of carbonyl (C=O) groups excluding carboxylic acids is 2. The molecule has 0 aliphatic rings. The molecular weight excluding hydrogens is 259 g/mol. The highest BCUT2D eigenvalue weighted by Gasteiger charge is 2.02. The Balaban J connectivity index is 2.07. The highest BCUT2D eigenvalue weighted by atomic mass is 19.1. The van der Waals surface area contributed by atoms with Gasteiger partial charge in [0.25, 0.3) is 0 Å². The van der Waals surface area contributed by atoms with E-state index >= 15 is 0 Å². The van der Waals surface area contributed by atoms with E-state index < -0.39 is 0 Å². The zero-order valence-corrected chi connectivity index (χ0v) is 11.7. The van der Waals surface area contributed by atoms with Gasteiger partial charge in [0.2, 0.25) is 11.8 Å². The molecule has 5 heteroatoms. The van der Waals surface area contributed by atoms with Crippen molar-refractivity contribution in [3.8, 4) is 0 Å². The second-order valence-corrected chi connectivity index (χ2v) is 4.67. The maximum atomic E-state index is 12.9. The van der Waals surface area contributed by atoms with Crippen molar-refractivity contribution in [2.75, 3.05) is 13.1 Å². The summed E-state index contributed by atoms with van der Waals surface area (Å²) in [7, 11) is 0. The van der Waals surface area contributed by atoms with E-state index in [1.54, 1.807) is 6.07 Å². The monoisotopic (exact) mass is 280 g/mol. The van der Waals surface area contributed by atoms with Gasteiger partial charge in [0.15, 0.2) is 0 Å². The molecule has 0 heterocycles. The van der Waals surface area contributed by atoms with Gasteiger partial charge in [-0.2, -0.15) is 0 Å². The first-order valence-corrected chi connectivity index (χ1v) is 6.83. The summed E-state index contributed by atoms with van der Waals surface area (Å²) >= 11 is 0. The van der Waals surface area contributed by atoms with E-state index in [9.17, 15) is 14.0 Å². The number of unbranched alkanes of at least 4 members (excludes halogenated alkanes) is 1. The Morgan fingerprint density at radius 2 is 1.85 bits per heavy atom. The summed E-state index contributed by atoms with van der Waals surface area (Å²) in [5.41, 5.74) is 0.825. The highest BCUT2D eigenvalue weighted by molar-refractivity contribution is 5.76. The van der Waals surface area contributed by atoms with Crippen molar-refractivity contribution >= 4 is 11.8 Å². The van der Waals surface area contributed by atoms with Gasteiger partial charge in [-0.1, -0.05) is 12.1 Å². The van der Waals surface area contributed by atoms with E-state index in [1.165, 1.54) is 19.1 Å². The van der Waals surface area contributed by atoms with Crippen LogP contribution in [0.3, 0.4) is 0 Å². The molecule has 0 aliphatic carbocycles. The molecule has 0 saturated carbocycles. The molecule has 2 N–H and O–H groups in total. The molecule has 0 unspecified atom stereocenters. The smallest absolute Gasteiger partial charge is 0.220 e. The van der Waals surface area contributed by atoms with Crippen LogP contribution in [0.1, 0.15) is 31.7 Å². The second kappa shape index (κ2) is 9.07. The fourth-order valence-electron chi connectivity index (χ4n) is 1.78. The standard InChI is InChI=1S/C15H21FN2O2/c1-12(19)17-9-2-3-10-18-15(20)8-7-13-5-4-6-14(16)11-13/h4-6,11H,2-3,7-10H2,1H3,(H,17,19)(H,18,20). The summed E-state index contributed by atoms with van der Waals surface area (Å²) in [5, 5.41) is 5.51. The molecule has 0 atom stereocenters. The quantitative estimate of drug-likeness (QED) is 0.713. The first kappa shape index (κ1) is 16.1. The van der Waals surface area contributed by atoms with Crippen LogP contribution in [0.15, 0.2) is 24.3 Å². The summed E-state index contributed by atoms with van der Waals surface area (Å²) in [6.07, 6.45) is 2.56. The van der Waals surface area contributed by atoms with Crippen molar-refractivity contribution in [2.45, 2.75) is 32.6 Å². The minimum Gasteiger partial charge on any atom is -0.356 e. The van der Waals surface area contributed by atoms with E-state index in [1.807, 2.05) is 6.07 Å². The van der Waals surface area contributed by atoms with Gasteiger partial charge in [0, 0.05) is 26.4 Å². The van der Waals surface area contributed by atoms with Crippen LogP contribution < -0.4 is 10.6 Å². The lowest BCUT2D eigenvalue weighted by molar-refractivity contribution is -0.121. The average Bonchev–Trinajstić information content (AvgIpc) is 2.40. The van der Waals surface area contributed by atoms with Crippen molar-refractivity contribution in [1.82, 2.24) is 10.6 Å². The fourth-order valence-corrected chi connectivity index (χ4v) is 1.78. The average molecular weight is 280 g/mol. The lowest BCUT2D eigenvalue weighted by atomic mass is 10.1. The number of nitrogens with one attached hydrogen (secondary N) is 2. The third-order valence-electron chi connectivity index (χ3n) is 2.83. The van der Waals surface area contributed by atoms with E-state index in [4.69, 9.17) is 0 Å². The molecule has 20 heavy (non-hydrogen) atoms. The summed E-state index contributed by atoms with van der Waals surface area (Å²) in [4.78, 5) is 22.2. The molecular formula is C15H21FN2O2. The molecule has 1 rings (SSSR count). The Morgan fingerprint density at radius 3 is 2.50 bits per heavy atom. The van der Waals surface area contributed by atoms with Crippen LogP contribution in [0.4, 0.5) is 4.39 Å². The maximum absolute atomic E-state index is 12.9. The number of rotatable bonds is 8. The zero-order valence-electron chi connectivity index (χ0n) is 11.7. The van der Waals surface area contributed by atoms with Crippen molar-refractivity contribution in [3.63, 3.8) is 0 Å². The minimum absolute atomic E-state index is 0.0335. The fraction of sp³-hybridized carbons (Fsp3) is 0.467. The minimum atomic E-state index is -0.277. The number of amides is 2. The lowest BCUT2D eigenvalue weighted by Gasteiger charge is -2.06. The summed E-state index contributed by atoms with van der Waals surface area (Å²) in [6, 6.07) is 6.29. The molecule has 4 nitrogen and oxygen atoms in total. The van der Waals surface area contributed by atoms with Gasteiger partial charge in [-0.05, 0) is 37.0 Å². The summed E-state index contributed by atoms with van der Waals surface area (Å²) < 4.78 is 12.9. The Labute approximate surface area is 118 Å². The third kappa shape index (κ3) is 7.51. The van der Waals surface area contributed by atoms with Crippen LogP contribution in [0.25, 0.3) is 0 Å². The van der Waals surface area contributed by atoms with Crippen LogP contribution in [-0.4, -0.2) is 24.9 Å².